The molecule has 3 aromatic rings. The van der Waals surface area contributed by atoms with E-state index in [0.717, 1.165) is 27.9 Å². The number of anilines is 1. The Hall–Kier alpha value is -3.32. The van der Waals surface area contributed by atoms with Gasteiger partial charge in [-0.2, -0.15) is 0 Å². The van der Waals surface area contributed by atoms with Gasteiger partial charge < -0.3 is 9.88 Å². The van der Waals surface area contributed by atoms with Crippen molar-refractivity contribution in [3.63, 3.8) is 0 Å². The minimum Gasteiger partial charge on any atom is -0.324 e. The molecule has 0 aliphatic carbocycles. The number of fused-ring (bicyclic) bond motifs is 2. The van der Waals surface area contributed by atoms with E-state index >= 15 is 0 Å². The van der Waals surface area contributed by atoms with Gasteiger partial charge in [0, 0.05) is 16.7 Å². The highest BCUT2D eigenvalue weighted by molar-refractivity contribution is 6.22. The van der Waals surface area contributed by atoms with Crippen LogP contribution in [0.25, 0.3) is 11.0 Å². The largest absolute Gasteiger partial charge is 0.324 e. The third-order valence-electron chi connectivity index (χ3n) is 4.34. The fraction of sp³-hybridized carbons (Fsp3) is 0.200. The first-order chi connectivity index (χ1) is 13.0. The van der Waals surface area contributed by atoms with E-state index in [1.807, 2.05) is 56.6 Å². The summed E-state index contributed by atoms with van der Waals surface area (Å²) in [7, 11) is 3.66. The van der Waals surface area contributed by atoms with Crippen LogP contribution in [0.15, 0.2) is 47.5 Å². The van der Waals surface area contributed by atoms with E-state index in [1.54, 1.807) is 4.90 Å². The van der Waals surface area contributed by atoms with Gasteiger partial charge in [0.05, 0.1) is 23.3 Å². The van der Waals surface area contributed by atoms with E-state index in [9.17, 15) is 9.59 Å². The second-order valence-corrected chi connectivity index (χ2v) is 6.74. The lowest BCUT2D eigenvalue weighted by atomic mass is 9.92. The van der Waals surface area contributed by atoms with Crippen molar-refractivity contribution in [1.82, 2.24) is 14.9 Å². The molecule has 2 aromatic carbocycles. The van der Waals surface area contributed by atoms with Gasteiger partial charge in [-0.3, -0.25) is 19.9 Å². The molecule has 1 aromatic heterocycles. The summed E-state index contributed by atoms with van der Waals surface area (Å²) < 4.78 is 0. The van der Waals surface area contributed by atoms with E-state index in [-0.39, 0.29) is 24.8 Å². The molecule has 1 amide bonds. The van der Waals surface area contributed by atoms with Crippen molar-refractivity contribution in [1.29, 1.82) is 0 Å². The average Bonchev–Trinajstić information content (AvgIpc) is 3.02. The summed E-state index contributed by atoms with van der Waals surface area (Å²) >= 11 is 0. The first kappa shape index (κ1) is 17.1. The molecule has 4 rings (SSSR count). The predicted octanol–water partition coefficient (Wildman–Crippen LogP) is 2.10. The molecule has 1 aliphatic heterocycles. The maximum atomic E-state index is 12.1. The molecule has 0 spiro atoms. The minimum absolute atomic E-state index is 0.0304. The summed E-state index contributed by atoms with van der Waals surface area (Å²) in [6.07, 6.45) is 0. The number of H-pyrrole nitrogens is 1. The molecule has 27 heavy (non-hydrogen) atoms. The van der Waals surface area contributed by atoms with Crippen LogP contribution in [0.5, 0.6) is 0 Å². The maximum absolute atomic E-state index is 12.1. The number of nitrogens with one attached hydrogen (secondary N) is 2. The summed E-state index contributed by atoms with van der Waals surface area (Å²) in [4.78, 5) is 37.8. The van der Waals surface area contributed by atoms with Crippen LogP contribution in [0.2, 0.25) is 0 Å². The van der Waals surface area contributed by atoms with Gasteiger partial charge in [0.1, 0.15) is 6.54 Å². The Kier molecular flexibility index (Phi) is 4.29. The first-order valence-corrected chi connectivity index (χ1v) is 8.63. The quantitative estimate of drug-likeness (QED) is 0.745. The monoisotopic (exact) mass is 361 g/mol. The van der Waals surface area contributed by atoms with Crippen molar-refractivity contribution in [2.24, 2.45) is 4.99 Å². The summed E-state index contributed by atoms with van der Waals surface area (Å²) in [5.74, 6) is 0.307. The number of likely N-dealkylation sites (N-methyl/N-ethyl adjacent to an activating group) is 1. The zero-order chi connectivity index (χ0) is 19.0. The second kappa shape index (κ2) is 6.77. The number of carbonyl (C=O) groups is 2. The molecule has 1 aliphatic rings. The number of imidazole rings is 1. The molecule has 0 saturated heterocycles. The van der Waals surface area contributed by atoms with E-state index in [4.69, 9.17) is 0 Å². The van der Waals surface area contributed by atoms with Crippen LogP contribution >= 0.6 is 0 Å². The lowest BCUT2D eigenvalue weighted by molar-refractivity contribution is -0.116. The third-order valence-corrected chi connectivity index (χ3v) is 4.34. The normalized spacial score (nSPS) is 13.6. The smallest absolute Gasteiger partial charge is 0.240 e. The fourth-order valence-corrected chi connectivity index (χ4v) is 3.18. The van der Waals surface area contributed by atoms with E-state index in [2.05, 4.69) is 20.3 Å². The molecule has 0 atom stereocenters. The van der Waals surface area contributed by atoms with Gasteiger partial charge in [0.15, 0.2) is 5.78 Å². The third kappa shape index (κ3) is 3.37. The molecule has 2 heterocycles. The van der Waals surface area contributed by atoms with Crippen LogP contribution in [0.3, 0.4) is 0 Å². The number of rotatable bonds is 4. The van der Waals surface area contributed by atoms with Crippen molar-refractivity contribution >= 4 is 34.4 Å². The summed E-state index contributed by atoms with van der Waals surface area (Å²) in [6, 6.07) is 13.3. The fourth-order valence-electron chi connectivity index (χ4n) is 3.18. The van der Waals surface area contributed by atoms with Crippen molar-refractivity contribution in [3.05, 3.63) is 59.2 Å². The number of aliphatic imine (C=N–C) groups is 1. The van der Waals surface area contributed by atoms with Gasteiger partial charge in [-0.25, -0.2) is 4.98 Å². The van der Waals surface area contributed by atoms with Gasteiger partial charge in [0.25, 0.3) is 0 Å². The number of nitrogens with zero attached hydrogens (tertiary/aromatic N) is 3. The minimum atomic E-state index is -0.136. The molecule has 0 fully saturated rings. The summed E-state index contributed by atoms with van der Waals surface area (Å²) in [6.45, 7) is 0.434. The highest BCUT2D eigenvalue weighted by atomic mass is 16.2. The maximum Gasteiger partial charge on any atom is 0.240 e. The Morgan fingerprint density at radius 3 is 2.74 bits per heavy atom. The highest BCUT2D eigenvalue weighted by Gasteiger charge is 2.21. The molecule has 136 valence electrons. The van der Waals surface area contributed by atoms with Gasteiger partial charge in [-0.15, -0.1) is 0 Å². The number of carbonyl (C=O) groups excluding carboxylic acids is 2. The molecule has 2 N–H and O–H groups in total. The number of hydrogen-bond donors (Lipinski definition) is 2. The number of benzene rings is 2. The molecule has 7 nitrogen and oxygen atoms in total. The standard InChI is InChI=1S/C20H19N5O2/c1-25(2)11-18(27)24-20-22-15-8-7-12(9-16(15)23-20)19-14-6-4-3-5-13(14)17(26)10-21-19/h3-9H,10-11H2,1-2H3,(H2,22,23,24,27). The molecule has 0 bridgehead atoms. The van der Waals surface area contributed by atoms with Crippen LogP contribution in [-0.2, 0) is 4.79 Å². The Balaban J connectivity index is 1.66. The van der Waals surface area contributed by atoms with Gasteiger partial charge in [-0.05, 0) is 26.2 Å². The Bertz CT molecular complexity index is 1080. The summed E-state index contributed by atoms with van der Waals surface area (Å²) in [5, 5.41) is 2.76. The van der Waals surface area contributed by atoms with Crippen LogP contribution in [0.1, 0.15) is 21.5 Å². The van der Waals surface area contributed by atoms with Crippen molar-refractivity contribution in [2.45, 2.75) is 0 Å². The van der Waals surface area contributed by atoms with Crippen LogP contribution in [0.4, 0.5) is 5.95 Å². The number of hydrogen-bond acceptors (Lipinski definition) is 5. The van der Waals surface area contributed by atoms with Gasteiger partial charge >= 0.3 is 0 Å². The predicted molar refractivity (Wildman–Crippen MR) is 105 cm³/mol. The number of aromatic nitrogens is 2. The van der Waals surface area contributed by atoms with E-state index < -0.39 is 0 Å². The van der Waals surface area contributed by atoms with Gasteiger partial charge in [-0.1, -0.05) is 30.3 Å². The molecular weight excluding hydrogens is 342 g/mol. The van der Waals surface area contributed by atoms with Gasteiger partial charge in [0.2, 0.25) is 11.9 Å². The highest BCUT2D eigenvalue weighted by Crippen LogP contribution is 2.23. The second-order valence-electron chi connectivity index (χ2n) is 6.74. The molecule has 7 heteroatoms. The number of aromatic amines is 1. The number of ketones is 1. The van der Waals surface area contributed by atoms with Crippen LogP contribution in [-0.4, -0.2) is 59.5 Å². The Morgan fingerprint density at radius 2 is 1.96 bits per heavy atom. The molecule has 0 saturated carbocycles. The van der Waals surface area contributed by atoms with E-state index in [1.165, 1.54) is 0 Å². The zero-order valence-electron chi connectivity index (χ0n) is 15.1. The Labute approximate surface area is 156 Å². The summed E-state index contributed by atoms with van der Waals surface area (Å²) in [5.41, 5.74) is 4.78. The lowest BCUT2D eigenvalue weighted by Crippen LogP contribution is -2.27. The molecule has 0 radical (unpaired) electrons. The Morgan fingerprint density at radius 1 is 1.19 bits per heavy atom. The van der Waals surface area contributed by atoms with E-state index in [0.29, 0.717) is 11.5 Å². The topological polar surface area (TPSA) is 90.4 Å². The van der Waals surface area contributed by atoms with Crippen molar-refractivity contribution in [3.8, 4) is 0 Å². The van der Waals surface area contributed by atoms with Crippen molar-refractivity contribution < 1.29 is 9.59 Å². The average molecular weight is 361 g/mol. The first-order valence-electron chi connectivity index (χ1n) is 8.63. The lowest BCUT2D eigenvalue weighted by Gasteiger charge is -2.16. The van der Waals surface area contributed by atoms with Crippen LogP contribution < -0.4 is 5.32 Å². The number of amides is 1. The zero-order valence-corrected chi connectivity index (χ0v) is 15.1. The molecular formula is C20H19N5O2. The SMILES string of the molecule is CN(C)CC(=O)Nc1nc2ccc(C3=NCC(=O)c4ccccc43)cc2[nH]1. The molecule has 0 unspecified atom stereocenters. The van der Waals surface area contributed by atoms with Crippen molar-refractivity contribution in [2.75, 3.05) is 32.5 Å². The number of Topliss-reactive ketones (excluding diaryl/α,β-unsaturated/α-hetero) is 1. The van der Waals surface area contributed by atoms with Crippen LogP contribution in [0, 0.1) is 0 Å².